The number of sulfonamides is 1. The second-order valence-corrected chi connectivity index (χ2v) is 9.13. The van der Waals surface area contributed by atoms with E-state index in [1.807, 2.05) is 0 Å². The second-order valence-electron chi connectivity index (χ2n) is 7.45. The maximum atomic E-state index is 12.4. The van der Waals surface area contributed by atoms with Crippen LogP contribution in [0.1, 0.15) is 40.5 Å². The lowest BCUT2D eigenvalue weighted by Crippen LogP contribution is -2.40. The molecule has 1 aromatic carbocycles. The Morgan fingerprint density at radius 2 is 1.96 bits per heavy atom. The van der Waals surface area contributed by atoms with Crippen molar-refractivity contribution in [1.29, 1.82) is 0 Å². The second kappa shape index (κ2) is 8.49. The number of nitrogens with one attached hydrogen (secondary N) is 3. The Bertz CT molecular complexity index is 701. The molecule has 1 aromatic rings. The largest absolute Gasteiger partial charge is 0.326 e. The zero-order chi connectivity index (χ0) is 18.0. The van der Waals surface area contributed by atoms with E-state index >= 15 is 0 Å². The molecule has 0 aromatic heterocycles. The molecule has 0 spiro atoms. The molecule has 1 fully saturated rings. The number of benzene rings is 1. The van der Waals surface area contributed by atoms with E-state index < -0.39 is 15.6 Å². The van der Waals surface area contributed by atoms with E-state index in [1.165, 1.54) is 12.1 Å². The Balaban J connectivity index is 0.00000312. The van der Waals surface area contributed by atoms with Crippen LogP contribution in [-0.2, 0) is 14.8 Å². The molecule has 0 radical (unpaired) electrons. The summed E-state index contributed by atoms with van der Waals surface area (Å²) in [6.45, 7) is 8.24. The number of amides is 1. The zero-order valence-electron chi connectivity index (χ0n) is 15.1. The standard InChI is InChI=1S/C17H27N3O3S.ClH/c1-12-10-13(8-9-18-12)16(21)19-14-6-5-7-15(11-14)24(22,23)20-17(2,3)4;/h5-7,11-13,18,20H,8-10H2,1-4H3,(H,19,21);1H/t12-,13-;/m0./s1. The first-order valence-electron chi connectivity index (χ1n) is 8.25. The van der Waals surface area contributed by atoms with E-state index in [0.717, 1.165) is 19.4 Å². The molecule has 2 atom stereocenters. The number of halogens is 1. The highest BCUT2D eigenvalue weighted by molar-refractivity contribution is 7.89. The number of hydrogen-bond acceptors (Lipinski definition) is 4. The lowest BCUT2D eigenvalue weighted by Gasteiger charge is -2.27. The van der Waals surface area contributed by atoms with Gasteiger partial charge in [-0.25, -0.2) is 13.1 Å². The van der Waals surface area contributed by atoms with Gasteiger partial charge in [-0.05, 0) is 65.3 Å². The smallest absolute Gasteiger partial charge is 0.241 e. The summed E-state index contributed by atoms with van der Waals surface area (Å²) in [4.78, 5) is 12.5. The van der Waals surface area contributed by atoms with Crippen LogP contribution in [0.15, 0.2) is 29.2 Å². The van der Waals surface area contributed by atoms with Crippen LogP contribution in [-0.4, -0.2) is 32.5 Å². The minimum Gasteiger partial charge on any atom is -0.326 e. The van der Waals surface area contributed by atoms with Crippen molar-refractivity contribution in [3.05, 3.63) is 24.3 Å². The van der Waals surface area contributed by atoms with Crippen LogP contribution in [0.2, 0.25) is 0 Å². The summed E-state index contributed by atoms with van der Waals surface area (Å²) in [5.74, 6) is -0.101. The summed E-state index contributed by atoms with van der Waals surface area (Å²) < 4.78 is 27.4. The van der Waals surface area contributed by atoms with Gasteiger partial charge in [-0.1, -0.05) is 6.07 Å². The van der Waals surface area contributed by atoms with Gasteiger partial charge in [0.1, 0.15) is 0 Å². The average molecular weight is 390 g/mol. The van der Waals surface area contributed by atoms with Gasteiger partial charge in [-0.15, -0.1) is 12.4 Å². The fraction of sp³-hybridized carbons (Fsp3) is 0.588. The highest BCUT2D eigenvalue weighted by Crippen LogP contribution is 2.21. The summed E-state index contributed by atoms with van der Waals surface area (Å²) in [6, 6.07) is 6.68. The first kappa shape index (κ1) is 21.9. The monoisotopic (exact) mass is 389 g/mol. The van der Waals surface area contributed by atoms with Gasteiger partial charge in [0.25, 0.3) is 0 Å². The van der Waals surface area contributed by atoms with E-state index in [4.69, 9.17) is 0 Å². The molecule has 0 unspecified atom stereocenters. The molecule has 2 rings (SSSR count). The van der Waals surface area contributed by atoms with Gasteiger partial charge in [-0.3, -0.25) is 4.79 Å². The molecule has 1 aliphatic heterocycles. The van der Waals surface area contributed by atoms with Crippen LogP contribution >= 0.6 is 12.4 Å². The molecular formula is C17H28ClN3O3S. The zero-order valence-corrected chi connectivity index (χ0v) is 16.8. The lowest BCUT2D eigenvalue weighted by molar-refractivity contribution is -0.120. The molecule has 0 aliphatic carbocycles. The lowest BCUT2D eigenvalue weighted by atomic mass is 9.92. The Labute approximate surface area is 156 Å². The Hall–Kier alpha value is -1.15. The summed E-state index contributed by atoms with van der Waals surface area (Å²) in [7, 11) is -3.62. The van der Waals surface area contributed by atoms with Gasteiger partial charge in [-0.2, -0.15) is 0 Å². The highest BCUT2D eigenvalue weighted by atomic mass is 35.5. The van der Waals surface area contributed by atoms with Crippen LogP contribution in [0.4, 0.5) is 5.69 Å². The molecule has 0 bridgehead atoms. The van der Waals surface area contributed by atoms with E-state index in [9.17, 15) is 13.2 Å². The molecular weight excluding hydrogens is 362 g/mol. The summed E-state index contributed by atoms with van der Waals surface area (Å²) in [5.41, 5.74) is -0.0634. The predicted octanol–water partition coefficient (Wildman–Crippen LogP) is 2.51. The summed E-state index contributed by atoms with van der Waals surface area (Å²) >= 11 is 0. The number of carbonyl (C=O) groups excluding carboxylic acids is 1. The normalized spacial score (nSPS) is 21.3. The van der Waals surface area contributed by atoms with Gasteiger partial charge in [0, 0.05) is 23.2 Å². The van der Waals surface area contributed by atoms with Crippen molar-refractivity contribution >= 4 is 34.0 Å². The van der Waals surface area contributed by atoms with Gasteiger partial charge >= 0.3 is 0 Å². The number of carbonyl (C=O) groups is 1. The minimum atomic E-state index is -3.62. The van der Waals surface area contributed by atoms with Crippen LogP contribution in [0, 0.1) is 5.92 Å². The van der Waals surface area contributed by atoms with Crippen molar-refractivity contribution in [3.63, 3.8) is 0 Å². The van der Waals surface area contributed by atoms with Crippen molar-refractivity contribution in [2.75, 3.05) is 11.9 Å². The maximum absolute atomic E-state index is 12.4. The summed E-state index contributed by atoms with van der Waals surface area (Å²) in [5, 5.41) is 6.16. The van der Waals surface area contributed by atoms with Gasteiger partial charge in [0.2, 0.25) is 15.9 Å². The highest BCUT2D eigenvalue weighted by Gasteiger charge is 2.25. The van der Waals surface area contributed by atoms with E-state index in [0.29, 0.717) is 11.7 Å². The third kappa shape index (κ3) is 6.58. The molecule has 3 N–H and O–H groups in total. The third-order valence-electron chi connectivity index (χ3n) is 3.85. The van der Waals surface area contributed by atoms with Crippen LogP contribution in [0.25, 0.3) is 0 Å². The Morgan fingerprint density at radius 1 is 1.28 bits per heavy atom. The van der Waals surface area contributed by atoms with Gasteiger partial charge in [0.05, 0.1) is 4.90 Å². The number of hydrogen-bond donors (Lipinski definition) is 3. The Morgan fingerprint density at radius 3 is 2.56 bits per heavy atom. The fourth-order valence-corrected chi connectivity index (χ4v) is 4.28. The summed E-state index contributed by atoms with van der Waals surface area (Å²) in [6.07, 6.45) is 1.58. The molecule has 0 saturated carbocycles. The van der Waals surface area contributed by atoms with Crippen LogP contribution in [0.3, 0.4) is 0 Å². The molecule has 8 heteroatoms. The molecule has 1 heterocycles. The van der Waals surface area contributed by atoms with E-state index in [-0.39, 0.29) is 29.1 Å². The molecule has 1 amide bonds. The average Bonchev–Trinajstić information content (AvgIpc) is 2.45. The molecule has 6 nitrogen and oxygen atoms in total. The number of piperidine rings is 1. The molecule has 25 heavy (non-hydrogen) atoms. The molecule has 1 saturated heterocycles. The van der Waals surface area contributed by atoms with Crippen molar-refractivity contribution in [1.82, 2.24) is 10.0 Å². The quantitative estimate of drug-likeness (QED) is 0.738. The van der Waals surface area contributed by atoms with Crippen molar-refractivity contribution in [2.24, 2.45) is 5.92 Å². The van der Waals surface area contributed by atoms with Crippen molar-refractivity contribution in [3.8, 4) is 0 Å². The van der Waals surface area contributed by atoms with Gasteiger partial charge < -0.3 is 10.6 Å². The number of rotatable bonds is 4. The molecule has 142 valence electrons. The molecule has 1 aliphatic rings. The minimum absolute atomic E-state index is 0. The van der Waals surface area contributed by atoms with Gasteiger partial charge in [0.15, 0.2) is 0 Å². The van der Waals surface area contributed by atoms with Crippen LogP contribution < -0.4 is 15.4 Å². The third-order valence-corrected chi connectivity index (χ3v) is 5.60. The van der Waals surface area contributed by atoms with Crippen molar-refractivity contribution < 1.29 is 13.2 Å². The topological polar surface area (TPSA) is 87.3 Å². The van der Waals surface area contributed by atoms with E-state index in [1.54, 1.807) is 32.9 Å². The fourth-order valence-electron chi connectivity index (χ4n) is 2.82. The SMILES string of the molecule is C[C@H]1C[C@@H](C(=O)Nc2cccc(S(=O)(=O)NC(C)(C)C)c2)CCN1.Cl. The first-order chi connectivity index (χ1) is 11.1. The first-order valence-corrected chi connectivity index (χ1v) is 9.73. The number of anilines is 1. The van der Waals surface area contributed by atoms with Crippen LogP contribution in [0.5, 0.6) is 0 Å². The predicted molar refractivity (Wildman–Crippen MR) is 103 cm³/mol. The maximum Gasteiger partial charge on any atom is 0.241 e. The van der Waals surface area contributed by atoms with Crippen molar-refractivity contribution in [2.45, 2.75) is 57.0 Å². The Kier molecular flexibility index (Phi) is 7.43. The van der Waals surface area contributed by atoms with E-state index in [2.05, 4.69) is 22.3 Å².